The van der Waals surface area contributed by atoms with E-state index in [-0.39, 0.29) is 22.5 Å². The highest BCUT2D eigenvalue weighted by Crippen LogP contribution is 2.60. The number of methoxy groups -OCH3 is 1. The summed E-state index contributed by atoms with van der Waals surface area (Å²) in [5.74, 6) is 2.47. The SMILES string of the molecule is CCCN1C(=O)S/C(=C\c2ccc(OC(=O)C34CC5CC(CC(C5)C3)C4)c(OC)c2)C1=O. The fraction of sp³-hybridized carbons (Fsp3) is 0.560. The van der Waals surface area contributed by atoms with Crippen LogP contribution in [-0.2, 0) is 9.59 Å². The predicted molar refractivity (Wildman–Crippen MR) is 122 cm³/mol. The van der Waals surface area contributed by atoms with E-state index >= 15 is 0 Å². The Hall–Kier alpha value is -2.28. The van der Waals surface area contributed by atoms with Gasteiger partial charge in [-0.05, 0) is 98.2 Å². The number of carbonyl (C=O) groups is 3. The van der Waals surface area contributed by atoms with Crippen molar-refractivity contribution < 1.29 is 23.9 Å². The first-order valence-corrected chi connectivity index (χ1v) is 12.4. The second kappa shape index (κ2) is 8.25. The molecule has 6 nitrogen and oxygen atoms in total. The lowest BCUT2D eigenvalue weighted by Gasteiger charge is -2.55. The number of rotatable bonds is 6. The van der Waals surface area contributed by atoms with E-state index < -0.39 is 0 Å². The molecule has 1 aliphatic heterocycles. The number of ether oxygens (including phenoxy) is 2. The van der Waals surface area contributed by atoms with E-state index in [4.69, 9.17) is 9.47 Å². The summed E-state index contributed by atoms with van der Waals surface area (Å²) in [6, 6.07) is 5.26. The Bertz CT molecular complexity index is 965. The molecule has 1 heterocycles. The first-order chi connectivity index (χ1) is 15.4. The van der Waals surface area contributed by atoms with Crippen LogP contribution in [0.15, 0.2) is 23.1 Å². The van der Waals surface area contributed by atoms with Crippen LogP contribution in [0.25, 0.3) is 6.08 Å². The average Bonchev–Trinajstić information content (AvgIpc) is 3.01. The molecular weight excluding hydrogens is 426 g/mol. The summed E-state index contributed by atoms with van der Waals surface area (Å²) in [6.45, 7) is 2.35. The maximum absolute atomic E-state index is 13.3. The molecule has 2 amide bonds. The molecule has 7 heteroatoms. The van der Waals surface area contributed by atoms with E-state index in [0.717, 1.165) is 43.0 Å². The fourth-order valence-electron chi connectivity index (χ4n) is 6.49. The van der Waals surface area contributed by atoms with Crippen LogP contribution in [0.1, 0.15) is 57.4 Å². The van der Waals surface area contributed by atoms with Crippen molar-refractivity contribution in [3.05, 3.63) is 28.7 Å². The van der Waals surface area contributed by atoms with Gasteiger partial charge in [-0.2, -0.15) is 0 Å². The minimum absolute atomic E-state index is 0.122. The van der Waals surface area contributed by atoms with Crippen LogP contribution in [0, 0.1) is 23.2 Å². The third-order valence-corrected chi connectivity index (χ3v) is 8.39. The molecule has 5 fully saturated rings. The Kier molecular flexibility index (Phi) is 5.56. The molecule has 1 saturated heterocycles. The molecule has 170 valence electrons. The first kappa shape index (κ1) is 21.6. The van der Waals surface area contributed by atoms with Gasteiger partial charge in [0.25, 0.3) is 11.1 Å². The van der Waals surface area contributed by atoms with Crippen LogP contribution in [0.3, 0.4) is 0 Å². The Morgan fingerprint density at radius 2 is 1.78 bits per heavy atom. The van der Waals surface area contributed by atoms with Crippen molar-refractivity contribution in [1.29, 1.82) is 0 Å². The topological polar surface area (TPSA) is 72.9 Å². The number of imide groups is 1. The zero-order chi connectivity index (χ0) is 22.5. The van der Waals surface area contributed by atoms with E-state index in [1.54, 1.807) is 24.3 Å². The molecule has 0 aromatic heterocycles. The normalized spacial score (nSPS) is 32.1. The van der Waals surface area contributed by atoms with Crippen molar-refractivity contribution in [2.24, 2.45) is 23.2 Å². The average molecular weight is 456 g/mol. The Balaban J connectivity index is 1.34. The molecule has 5 aliphatic rings. The molecule has 4 aliphatic carbocycles. The smallest absolute Gasteiger partial charge is 0.317 e. The lowest BCUT2D eigenvalue weighted by Crippen LogP contribution is -2.51. The number of hydrogen-bond donors (Lipinski definition) is 0. The number of thioether (sulfide) groups is 1. The van der Waals surface area contributed by atoms with Gasteiger partial charge < -0.3 is 9.47 Å². The Morgan fingerprint density at radius 1 is 1.12 bits per heavy atom. The Labute approximate surface area is 192 Å². The summed E-state index contributed by atoms with van der Waals surface area (Å²) >= 11 is 0.949. The Morgan fingerprint density at radius 3 is 2.38 bits per heavy atom. The third-order valence-electron chi connectivity index (χ3n) is 7.48. The molecule has 0 atom stereocenters. The van der Waals surface area contributed by atoms with Crippen molar-refractivity contribution in [2.75, 3.05) is 13.7 Å². The summed E-state index contributed by atoms with van der Waals surface area (Å²) in [5.41, 5.74) is 0.384. The van der Waals surface area contributed by atoms with Crippen molar-refractivity contribution in [3.63, 3.8) is 0 Å². The molecular formula is C25H29NO5S. The second-order valence-electron chi connectivity index (χ2n) is 9.83. The van der Waals surface area contributed by atoms with Gasteiger partial charge in [0.1, 0.15) is 0 Å². The number of amides is 2. The summed E-state index contributed by atoms with van der Waals surface area (Å²) in [4.78, 5) is 39.5. The molecule has 1 aromatic carbocycles. The van der Waals surface area contributed by atoms with Crippen LogP contribution in [0.2, 0.25) is 0 Å². The van der Waals surface area contributed by atoms with E-state index in [0.29, 0.717) is 40.7 Å². The van der Waals surface area contributed by atoms with E-state index in [1.807, 2.05) is 6.92 Å². The van der Waals surface area contributed by atoms with Gasteiger partial charge in [-0.15, -0.1) is 0 Å². The van der Waals surface area contributed by atoms with Crippen LogP contribution in [0.4, 0.5) is 4.79 Å². The number of nitrogens with zero attached hydrogens (tertiary/aromatic N) is 1. The molecule has 0 radical (unpaired) electrons. The molecule has 32 heavy (non-hydrogen) atoms. The van der Waals surface area contributed by atoms with Crippen LogP contribution in [0.5, 0.6) is 11.5 Å². The molecule has 4 saturated carbocycles. The van der Waals surface area contributed by atoms with Gasteiger partial charge in [0.2, 0.25) is 0 Å². The number of hydrogen-bond acceptors (Lipinski definition) is 6. The molecule has 1 aromatic rings. The molecule has 6 rings (SSSR count). The van der Waals surface area contributed by atoms with Gasteiger partial charge in [-0.25, -0.2) is 0 Å². The van der Waals surface area contributed by atoms with Gasteiger partial charge in [-0.1, -0.05) is 13.0 Å². The summed E-state index contributed by atoms with van der Waals surface area (Å²) in [5, 5.41) is -0.240. The highest BCUT2D eigenvalue weighted by atomic mass is 32.2. The third kappa shape index (κ3) is 3.74. The van der Waals surface area contributed by atoms with Gasteiger partial charge in [0.15, 0.2) is 11.5 Å². The number of esters is 1. The summed E-state index contributed by atoms with van der Waals surface area (Å²) in [7, 11) is 1.54. The molecule has 0 spiro atoms. The second-order valence-corrected chi connectivity index (χ2v) is 10.8. The van der Waals surface area contributed by atoms with Crippen LogP contribution >= 0.6 is 11.8 Å². The quantitative estimate of drug-likeness (QED) is 0.331. The zero-order valence-electron chi connectivity index (χ0n) is 18.6. The maximum atomic E-state index is 13.3. The zero-order valence-corrected chi connectivity index (χ0v) is 19.4. The number of carbonyl (C=O) groups excluding carboxylic acids is 3. The van der Waals surface area contributed by atoms with Crippen molar-refractivity contribution in [3.8, 4) is 11.5 Å². The van der Waals surface area contributed by atoms with E-state index in [9.17, 15) is 14.4 Å². The largest absolute Gasteiger partial charge is 0.493 e. The standard InChI is InChI=1S/C25H29NO5S/c1-3-6-26-22(27)21(32-24(26)29)11-15-4-5-19(20(10-15)30-2)31-23(28)25-12-16-7-17(13-25)9-18(8-16)14-25/h4-5,10-11,16-18H,3,6-9,12-14H2,1-2H3/b21-11-. The van der Waals surface area contributed by atoms with E-state index in [1.165, 1.54) is 31.3 Å². The van der Waals surface area contributed by atoms with Gasteiger partial charge in [0.05, 0.1) is 17.4 Å². The predicted octanol–water partition coefficient (Wildman–Crippen LogP) is 5.26. The maximum Gasteiger partial charge on any atom is 0.317 e. The highest BCUT2D eigenvalue weighted by molar-refractivity contribution is 8.18. The van der Waals surface area contributed by atoms with Crippen LogP contribution in [-0.4, -0.2) is 35.7 Å². The summed E-state index contributed by atoms with van der Waals surface area (Å²) in [6.07, 6.45) is 9.08. The lowest BCUT2D eigenvalue weighted by atomic mass is 9.49. The first-order valence-electron chi connectivity index (χ1n) is 11.6. The van der Waals surface area contributed by atoms with Crippen molar-refractivity contribution in [2.45, 2.75) is 51.9 Å². The highest BCUT2D eigenvalue weighted by Gasteiger charge is 2.55. The van der Waals surface area contributed by atoms with Gasteiger partial charge in [0, 0.05) is 6.54 Å². The summed E-state index contributed by atoms with van der Waals surface area (Å²) < 4.78 is 11.4. The lowest BCUT2D eigenvalue weighted by molar-refractivity contribution is -0.161. The molecule has 0 N–H and O–H groups in total. The van der Waals surface area contributed by atoms with Gasteiger partial charge in [-0.3, -0.25) is 19.3 Å². The minimum atomic E-state index is -0.337. The van der Waals surface area contributed by atoms with Crippen molar-refractivity contribution >= 4 is 35.0 Å². The molecule has 4 bridgehead atoms. The van der Waals surface area contributed by atoms with Crippen LogP contribution < -0.4 is 9.47 Å². The number of benzene rings is 1. The molecule has 0 unspecified atom stereocenters. The van der Waals surface area contributed by atoms with Gasteiger partial charge >= 0.3 is 5.97 Å². The van der Waals surface area contributed by atoms with E-state index in [2.05, 4.69) is 0 Å². The van der Waals surface area contributed by atoms with Crippen molar-refractivity contribution in [1.82, 2.24) is 4.90 Å². The fourth-order valence-corrected chi connectivity index (χ4v) is 7.36. The minimum Gasteiger partial charge on any atom is -0.493 e. The monoisotopic (exact) mass is 455 g/mol.